The average molecular weight is 532 g/mol. The van der Waals surface area contributed by atoms with Gasteiger partial charge in [0.05, 0.1) is 6.20 Å². The molecule has 0 bridgehead atoms. The monoisotopic (exact) mass is 531 g/mol. The van der Waals surface area contributed by atoms with E-state index >= 15 is 0 Å². The number of benzene rings is 1. The quantitative estimate of drug-likeness (QED) is 0.488. The minimum Gasteiger partial charge on any atom is -0.420 e. The van der Waals surface area contributed by atoms with E-state index < -0.39 is 11.6 Å². The van der Waals surface area contributed by atoms with Gasteiger partial charge in [0, 0.05) is 57.3 Å². The molecule has 2 aromatic heterocycles. The molecule has 37 heavy (non-hydrogen) atoms. The average Bonchev–Trinajstić information content (AvgIpc) is 3.36. The van der Waals surface area contributed by atoms with Crippen molar-refractivity contribution in [2.24, 2.45) is 0 Å². The molecule has 0 radical (unpaired) electrons. The molecule has 2 fully saturated rings. The van der Waals surface area contributed by atoms with Gasteiger partial charge in [0.1, 0.15) is 5.69 Å². The molecular weight excluding hydrogens is 504 g/mol. The highest BCUT2D eigenvalue weighted by molar-refractivity contribution is 6.31. The van der Waals surface area contributed by atoms with E-state index in [-0.39, 0.29) is 17.4 Å². The normalized spacial score (nSPS) is 19.4. The maximum atomic E-state index is 13.6. The lowest BCUT2D eigenvalue weighted by Crippen LogP contribution is -2.58. The molecule has 0 N–H and O–H groups in total. The Morgan fingerprint density at radius 2 is 1.92 bits per heavy atom. The van der Waals surface area contributed by atoms with Crippen LogP contribution >= 0.6 is 11.6 Å². The van der Waals surface area contributed by atoms with Crippen LogP contribution in [0.3, 0.4) is 0 Å². The molecule has 9 nitrogen and oxygen atoms in total. The first-order valence-corrected chi connectivity index (χ1v) is 12.8. The second kappa shape index (κ2) is 10.7. The molecule has 0 aliphatic carbocycles. The molecule has 2 saturated heterocycles. The number of rotatable bonds is 5. The van der Waals surface area contributed by atoms with E-state index in [2.05, 4.69) is 36.9 Å². The molecule has 0 saturated carbocycles. The van der Waals surface area contributed by atoms with Crippen LogP contribution in [0.2, 0.25) is 5.15 Å². The van der Waals surface area contributed by atoms with Gasteiger partial charge >= 0.3 is 0 Å². The van der Waals surface area contributed by atoms with E-state index in [1.165, 1.54) is 6.07 Å². The van der Waals surface area contributed by atoms with Crippen LogP contribution in [0.25, 0.3) is 11.6 Å². The van der Waals surface area contributed by atoms with E-state index in [1.807, 2.05) is 0 Å². The van der Waals surface area contributed by atoms with Crippen molar-refractivity contribution in [2.45, 2.75) is 45.2 Å². The number of aryl methyl sites for hydroxylation is 1. The predicted octanol–water partition coefficient (Wildman–Crippen LogP) is 3.97. The van der Waals surface area contributed by atoms with E-state index in [0.717, 1.165) is 51.0 Å². The van der Waals surface area contributed by atoms with Crippen molar-refractivity contribution in [3.63, 3.8) is 0 Å². The van der Waals surface area contributed by atoms with Crippen molar-refractivity contribution in [1.82, 2.24) is 30.0 Å². The number of likely N-dealkylation sites (tertiary alicyclic amines) is 1. The summed E-state index contributed by atoms with van der Waals surface area (Å²) in [6, 6.07) is 3.94. The number of carbonyl (C=O) groups excluding carboxylic acids is 1. The van der Waals surface area contributed by atoms with E-state index in [9.17, 15) is 13.6 Å². The number of hydrogen-bond acceptors (Lipinski definition) is 8. The minimum absolute atomic E-state index is 0.177. The molecule has 0 spiro atoms. The number of piperidine rings is 1. The zero-order chi connectivity index (χ0) is 26.1. The molecule has 1 amide bonds. The number of hydrogen-bond donors (Lipinski definition) is 0. The molecule has 12 heteroatoms. The lowest BCUT2D eigenvalue weighted by molar-refractivity contribution is 0.0490. The zero-order valence-electron chi connectivity index (χ0n) is 20.7. The molecule has 0 unspecified atom stereocenters. The first-order chi connectivity index (χ1) is 17.8. The topological polar surface area (TPSA) is 91.5 Å². The smallest absolute Gasteiger partial charge is 0.267 e. The van der Waals surface area contributed by atoms with Crippen molar-refractivity contribution in [2.75, 3.05) is 37.6 Å². The minimum atomic E-state index is -1.01. The first-order valence-electron chi connectivity index (χ1n) is 12.4. The van der Waals surface area contributed by atoms with Gasteiger partial charge in [0.25, 0.3) is 11.8 Å². The lowest BCUT2D eigenvalue weighted by Gasteiger charge is -2.47. The molecule has 4 heterocycles. The van der Waals surface area contributed by atoms with Crippen LogP contribution < -0.4 is 4.90 Å². The predicted molar refractivity (Wildman–Crippen MR) is 133 cm³/mol. The summed E-state index contributed by atoms with van der Waals surface area (Å²) in [6.07, 6.45) is 4.20. The van der Waals surface area contributed by atoms with Crippen molar-refractivity contribution in [3.05, 3.63) is 52.6 Å². The number of piperazine rings is 1. The second-order valence-corrected chi connectivity index (χ2v) is 9.75. The summed E-state index contributed by atoms with van der Waals surface area (Å²) in [5.74, 6) is -0.866. The summed E-state index contributed by atoms with van der Waals surface area (Å²) in [7, 11) is 0. The number of anilines is 1. The summed E-state index contributed by atoms with van der Waals surface area (Å²) in [5, 5.41) is 8.09. The Morgan fingerprint density at radius 1 is 1.14 bits per heavy atom. The third kappa shape index (κ3) is 5.28. The van der Waals surface area contributed by atoms with Gasteiger partial charge in [-0.15, -0.1) is 10.2 Å². The second-order valence-electron chi connectivity index (χ2n) is 9.39. The standard InChI is InChI=1S/C25H28ClF2N7O2/c1-3-17-14-34(23-22(26)30-21(13-29-23)24-32-31-15(2)37-24)10-11-35(17)18-6-8-33(9-7-18)25(36)16-4-5-19(27)20(28)12-16/h4-5,12-13,17-18H,3,6-11,14H2,1-2H3/t17-/m0/s1. The van der Waals surface area contributed by atoms with E-state index in [0.29, 0.717) is 47.7 Å². The van der Waals surface area contributed by atoms with Crippen LogP contribution in [-0.4, -0.2) is 80.7 Å². The number of aromatic nitrogens is 4. The number of carbonyl (C=O) groups is 1. The number of nitrogens with zero attached hydrogens (tertiary/aromatic N) is 7. The fraction of sp³-hybridized carbons (Fsp3) is 0.480. The SMILES string of the molecule is CC[C@H]1CN(c2ncc(-c3nnc(C)o3)nc2Cl)CCN1C1CCN(C(=O)c2ccc(F)c(F)c2)CC1. The van der Waals surface area contributed by atoms with Gasteiger partial charge in [0.2, 0.25) is 5.89 Å². The largest absolute Gasteiger partial charge is 0.420 e. The van der Waals surface area contributed by atoms with E-state index in [1.54, 1.807) is 18.0 Å². The fourth-order valence-corrected chi connectivity index (χ4v) is 5.45. The maximum absolute atomic E-state index is 13.6. The van der Waals surface area contributed by atoms with Gasteiger partial charge in [-0.1, -0.05) is 18.5 Å². The van der Waals surface area contributed by atoms with Gasteiger partial charge in [-0.2, -0.15) is 0 Å². The third-order valence-electron chi connectivity index (χ3n) is 7.14. The van der Waals surface area contributed by atoms with Crippen molar-refractivity contribution < 1.29 is 18.0 Å². The fourth-order valence-electron chi connectivity index (χ4n) is 5.19. The van der Waals surface area contributed by atoms with Crippen LogP contribution in [0.4, 0.5) is 14.6 Å². The Bertz CT molecular complexity index is 1280. The lowest BCUT2D eigenvalue weighted by atomic mass is 9.97. The van der Waals surface area contributed by atoms with Crippen LogP contribution in [0.1, 0.15) is 42.4 Å². The molecule has 2 aliphatic rings. The number of halogens is 3. The molecule has 1 aromatic carbocycles. The Balaban J connectivity index is 1.20. The van der Waals surface area contributed by atoms with Gasteiger partial charge in [0.15, 0.2) is 22.6 Å². The van der Waals surface area contributed by atoms with Crippen molar-refractivity contribution in [1.29, 1.82) is 0 Å². The molecule has 5 rings (SSSR count). The molecule has 196 valence electrons. The van der Waals surface area contributed by atoms with Crippen molar-refractivity contribution in [3.8, 4) is 11.6 Å². The van der Waals surface area contributed by atoms with Crippen LogP contribution in [0.5, 0.6) is 0 Å². The first kappa shape index (κ1) is 25.5. The zero-order valence-corrected chi connectivity index (χ0v) is 21.5. The van der Waals surface area contributed by atoms with E-state index in [4.69, 9.17) is 16.0 Å². The third-order valence-corrected chi connectivity index (χ3v) is 7.40. The summed E-state index contributed by atoms with van der Waals surface area (Å²) >= 11 is 6.51. The Kier molecular flexibility index (Phi) is 7.34. The summed E-state index contributed by atoms with van der Waals surface area (Å²) in [6.45, 7) is 7.37. The van der Waals surface area contributed by atoms with Crippen LogP contribution in [0.15, 0.2) is 28.8 Å². The van der Waals surface area contributed by atoms with Crippen LogP contribution in [-0.2, 0) is 0 Å². The summed E-state index contributed by atoms with van der Waals surface area (Å²) < 4.78 is 32.3. The van der Waals surface area contributed by atoms with Crippen LogP contribution in [0, 0.1) is 18.6 Å². The Labute approximate surface area is 218 Å². The number of amides is 1. The van der Waals surface area contributed by atoms with Gasteiger partial charge in [-0.25, -0.2) is 18.7 Å². The van der Waals surface area contributed by atoms with Crippen molar-refractivity contribution >= 4 is 23.3 Å². The summed E-state index contributed by atoms with van der Waals surface area (Å²) in [5.41, 5.74) is 0.611. The Morgan fingerprint density at radius 3 is 2.57 bits per heavy atom. The maximum Gasteiger partial charge on any atom is 0.267 e. The highest BCUT2D eigenvalue weighted by Gasteiger charge is 2.35. The highest BCUT2D eigenvalue weighted by Crippen LogP contribution is 2.30. The summed E-state index contributed by atoms with van der Waals surface area (Å²) in [4.78, 5) is 28.2. The molecule has 3 aromatic rings. The van der Waals surface area contributed by atoms with Gasteiger partial charge in [-0.3, -0.25) is 9.69 Å². The van der Waals surface area contributed by atoms with Gasteiger partial charge < -0.3 is 14.2 Å². The Hall–Kier alpha value is -3.18. The molecule has 2 aliphatic heterocycles. The molecule has 1 atom stereocenters. The highest BCUT2D eigenvalue weighted by atomic mass is 35.5. The molecular formula is C25H28ClF2N7O2. The van der Waals surface area contributed by atoms with Gasteiger partial charge in [-0.05, 0) is 37.5 Å².